The summed E-state index contributed by atoms with van der Waals surface area (Å²) in [5.41, 5.74) is 1.89. The van der Waals surface area contributed by atoms with Crippen LogP contribution in [0.15, 0.2) is 17.3 Å². The van der Waals surface area contributed by atoms with Crippen LogP contribution in [0.1, 0.15) is 62.3 Å². The molecule has 1 saturated heterocycles. The zero-order chi connectivity index (χ0) is 20.8. The van der Waals surface area contributed by atoms with Crippen LogP contribution in [0.2, 0.25) is 0 Å². The fourth-order valence-electron chi connectivity index (χ4n) is 4.34. The summed E-state index contributed by atoms with van der Waals surface area (Å²) in [5, 5.41) is 4.23. The molecule has 2 aliphatic heterocycles. The third kappa shape index (κ3) is 3.39. The fourth-order valence-corrected chi connectivity index (χ4v) is 6.03. The minimum Gasteiger partial charge on any atom is -0.367 e. The maximum absolute atomic E-state index is 13.4. The molecule has 1 atom stereocenters. The monoisotopic (exact) mass is 419 g/mol. The lowest BCUT2D eigenvalue weighted by molar-refractivity contribution is -0.0936. The normalized spacial score (nSPS) is 22.9. The lowest BCUT2D eigenvalue weighted by atomic mass is 9.85. The van der Waals surface area contributed by atoms with E-state index in [0.717, 1.165) is 36.3 Å². The van der Waals surface area contributed by atoms with E-state index < -0.39 is 15.6 Å². The number of aryl methyl sites for hydroxylation is 1. The molecule has 0 N–H and O–H groups in total. The second kappa shape index (κ2) is 7.45. The van der Waals surface area contributed by atoms with E-state index in [4.69, 9.17) is 9.72 Å². The van der Waals surface area contributed by atoms with Crippen molar-refractivity contribution >= 4 is 10.0 Å². The zero-order valence-electron chi connectivity index (χ0n) is 17.6. The van der Waals surface area contributed by atoms with E-state index >= 15 is 0 Å². The third-order valence-corrected chi connectivity index (χ3v) is 7.92. The van der Waals surface area contributed by atoms with Crippen LogP contribution in [0, 0.1) is 6.92 Å². The molecule has 2 aromatic heterocycles. The van der Waals surface area contributed by atoms with Gasteiger partial charge in [0, 0.05) is 31.7 Å². The average Bonchev–Trinajstić information content (AvgIpc) is 3.09. The number of nitrogens with zero attached hydrogens (tertiary/aromatic N) is 5. The quantitative estimate of drug-likeness (QED) is 0.756. The van der Waals surface area contributed by atoms with Gasteiger partial charge in [0.05, 0.1) is 24.2 Å². The molecule has 4 heterocycles. The molecule has 4 rings (SSSR count). The molecule has 1 spiro atoms. The van der Waals surface area contributed by atoms with E-state index in [2.05, 4.69) is 23.9 Å². The minimum absolute atomic E-state index is 0.199. The van der Waals surface area contributed by atoms with Crippen molar-refractivity contribution in [2.45, 2.75) is 69.9 Å². The van der Waals surface area contributed by atoms with Crippen molar-refractivity contribution in [2.24, 2.45) is 0 Å². The summed E-state index contributed by atoms with van der Waals surface area (Å²) in [4.78, 5) is 9.61. The van der Waals surface area contributed by atoms with E-state index in [1.165, 1.54) is 6.20 Å². The number of piperidine rings is 1. The van der Waals surface area contributed by atoms with Gasteiger partial charge >= 0.3 is 0 Å². The molecule has 2 aliphatic rings. The second-order valence-corrected chi connectivity index (χ2v) is 10.1. The lowest BCUT2D eigenvalue weighted by Crippen LogP contribution is -2.52. The lowest BCUT2D eigenvalue weighted by Gasteiger charge is -2.44. The summed E-state index contributed by atoms with van der Waals surface area (Å²) in [6, 6.07) is 0. The van der Waals surface area contributed by atoms with Gasteiger partial charge in [0.2, 0.25) is 10.0 Å². The number of hydrogen-bond acceptors (Lipinski definition) is 6. The number of rotatable bonds is 4. The summed E-state index contributed by atoms with van der Waals surface area (Å²) < 4.78 is 36.4. The topological polar surface area (TPSA) is 90.2 Å². The summed E-state index contributed by atoms with van der Waals surface area (Å²) in [6.45, 7) is 9.81. The Labute approximate surface area is 172 Å². The molecule has 1 fully saturated rings. The van der Waals surface area contributed by atoms with Crippen molar-refractivity contribution in [3.63, 3.8) is 0 Å². The SMILES string of the molecule is CCn1ncc(S(=O)(=O)N2CCC[C@]3(C2)OCCc2cnc(C(C)C)nc23)c1C. The van der Waals surface area contributed by atoms with Crippen LogP contribution >= 0.6 is 0 Å². The standard InChI is InChI=1S/C20H29N5O3S/c1-5-25-15(4)17(12-22-25)29(26,27)24-9-6-8-20(13-24)18-16(7-10-28-20)11-21-19(23-18)14(2)3/h11-12,14H,5-10,13H2,1-4H3/t20-/m1/s1. The highest BCUT2D eigenvalue weighted by Crippen LogP contribution is 2.41. The molecular formula is C20H29N5O3S. The van der Waals surface area contributed by atoms with Crippen LogP contribution in [0.5, 0.6) is 0 Å². The van der Waals surface area contributed by atoms with Crippen molar-refractivity contribution in [3.05, 3.63) is 35.2 Å². The Hall–Kier alpha value is -1.84. The molecular weight excluding hydrogens is 390 g/mol. The van der Waals surface area contributed by atoms with Crippen molar-refractivity contribution in [2.75, 3.05) is 19.7 Å². The van der Waals surface area contributed by atoms with Crippen molar-refractivity contribution in [3.8, 4) is 0 Å². The number of aromatic nitrogens is 4. The highest BCUT2D eigenvalue weighted by molar-refractivity contribution is 7.89. The molecule has 2 aromatic rings. The first-order valence-corrected chi connectivity index (χ1v) is 11.8. The Morgan fingerprint density at radius 2 is 2.10 bits per heavy atom. The largest absolute Gasteiger partial charge is 0.367 e. The van der Waals surface area contributed by atoms with Crippen LogP contribution < -0.4 is 0 Å². The summed E-state index contributed by atoms with van der Waals surface area (Å²) in [6.07, 6.45) is 5.59. The predicted molar refractivity (Wildman–Crippen MR) is 108 cm³/mol. The van der Waals surface area contributed by atoms with Gasteiger partial charge in [-0.2, -0.15) is 9.40 Å². The van der Waals surface area contributed by atoms with Crippen molar-refractivity contribution in [1.29, 1.82) is 0 Å². The smallest absolute Gasteiger partial charge is 0.246 e. The van der Waals surface area contributed by atoms with Crippen molar-refractivity contribution in [1.82, 2.24) is 24.1 Å². The first kappa shape index (κ1) is 20.4. The molecule has 0 saturated carbocycles. The average molecular weight is 420 g/mol. The first-order valence-electron chi connectivity index (χ1n) is 10.3. The maximum Gasteiger partial charge on any atom is 0.246 e. The van der Waals surface area contributed by atoms with Gasteiger partial charge in [0.1, 0.15) is 16.3 Å². The number of fused-ring (bicyclic) bond motifs is 2. The Morgan fingerprint density at radius 1 is 1.31 bits per heavy atom. The number of ether oxygens (including phenoxy) is 1. The maximum atomic E-state index is 13.4. The highest BCUT2D eigenvalue weighted by Gasteiger charge is 2.46. The molecule has 0 aromatic carbocycles. The fraction of sp³-hybridized carbons (Fsp3) is 0.650. The van der Waals surface area contributed by atoms with E-state index in [0.29, 0.717) is 25.4 Å². The van der Waals surface area contributed by atoms with E-state index in [1.54, 1.807) is 15.9 Å². The Kier molecular flexibility index (Phi) is 5.25. The predicted octanol–water partition coefficient (Wildman–Crippen LogP) is 2.38. The molecule has 0 aliphatic carbocycles. The molecule has 158 valence electrons. The number of sulfonamides is 1. The molecule has 0 bridgehead atoms. The highest BCUT2D eigenvalue weighted by atomic mass is 32.2. The third-order valence-electron chi connectivity index (χ3n) is 5.98. The van der Waals surface area contributed by atoms with Crippen LogP contribution in [0.25, 0.3) is 0 Å². The molecule has 29 heavy (non-hydrogen) atoms. The van der Waals surface area contributed by atoms with Gasteiger partial charge in [-0.3, -0.25) is 4.68 Å². The van der Waals surface area contributed by atoms with Gasteiger partial charge in [-0.1, -0.05) is 13.8 Å². The van der Waals surface area contributed by atoms with E-state index in [1.807, 2.05) is 13.1 Å². The van der Waals surface area contributed by atoms with Crippen LogP contribution in [0.3, 0.4) is 0 Å². The molecule has 9 heteroatoms. The zero-order valence-corrected chi connectivity index (χ0v) is 18.4. The molecule has 0 radical (unpaired) electrons. The molecule has 8 nitrogen and oxygen atoms in total. The Balaban J connectivity index is 1.72. The van der Waals surface area contributed by atoms with E-state index in [9.17, 15) is 8.42 Å². The Bertz CT molecular complexity index is 1020. The second-order valence-electron chi connectivity index (χ2n) is 8.20. The summed E-state index contributed by atoms with van der Waals surface area (Å²) in [5.74, 6) is 0.971. The summed E-state index contributed by atoms with van der Waals surface area (Å²) in [7, 11) is -3.66. The van der Waals surface area contributed by atoms with E-state index in [-0.39, 0.29) is 17.4 Å². The van der Waals surface area contributed by atoms with Gasteiger partial charge in [0.25, 0.3) is 0 Å². The number of hydrogen-bond donors (Lipinski definition) is 0. The van der Waals surface area contributed by atoms with Crippen LogP contribution in [0.4, 0.5) is 0 Å². The van der Waals surface area contributed by atoms with Gasteiger partial charge < -0.3 is 4.74 Å². The minimum atomic E-state index is -3.66. The Morgan fingerprint density at radius 3 is 2.79 bits per heavy atom. The van der Waals surface area contributed by atoms with Gasteiger partial charge in [-0.05, 0) is 38.7 Å². The first-order chi connectivity index (χ1) is 13.8. The summed E-state index contributed by atoms with van der Waals surface area (Å²) >= 11 is 0. The molecule has 0 amide bonds. The van der Waals surface area contributed by atoms with Gasteiger partial charge in [-0.15, -0.1) is 0 Å². The van der Waals surface area contributed by atoms with Gasteiger partial charge in [-0.25, -0.2) is 18.4 Å². The van der Waals surface area contributed by atoms with Crippen LogP contribution in [-0.2, 0) is 33.3 Å². The van der Waals surface area contributed by atoms with Gasteiger partial charge in [0.15, 0.2) is 0 Å². The van der Waals surface area contributed by atoms with Crippen molar-refractivity contribution < 1.29 is 13.2 Å². The van der Waals surface area contributed by atoms with Crippen LogP contribution in [-0.4, -0.2) is 52.2 Å². The molecule has 0 unspecified atom stereocenters.